The smallest absolute Gasteiger partial charge is 0.303 e. The van der Waals surface area contributed by atoms with Crippen LogP contribution in [0, 0.1) is 0 Å². The molecule has 1 atom stereocenters. The van der Waals surface area contributed by atoms with Gasteiger partial charge in [-0.25, -0.2) is 0 Å². The van der Waals surface area contributed by atoms with Crippen molar-refractivity contribution in [2.45, 2.75) is 38.8 Å². The number of carboxylic acid groups (broad SMARTS) is 1. The monoisotopic (exact) mass is 279 g/mol. The maximum atomic E-state index is 12.0. The van der Waals surface area contributed by atoms with E-state index in [9.17, 15) is 9.59 Å². The molecule has 110 valence electrons. The molecule has 1 rings (SSSR count). The second-order valence-electron chi connectivity index (χ2n) is 4.79. The number of aliphatic carboxylic acids is 1. The Bertz CT molecular complexity index is 459. The van der Waals surface area contributed by atoms with Gasteiger partial charge in [-0.2, -0.15) is 0 Å². The van der Waals surface area contributed by atoms with E-state index in [0.717, 1.165) is 5.56 Å². The second-order valence-corrected chi connectivity index (χ2v) is 4.79. The molecular weight excluding hydrogens is 258 g/mol. The lowest BCUT2D eigenvalue weighted by Gasteiger charge is -2.13. The molecule has 0 heterocycles. The van der Waals surface area contributed by atoms with Gasteiger partial charge in [-0.15, -0.1) is 0 Å². The van der Waals surface area contributed by atoms with Crippen molar-refractivity contribution in [3.63, 3.8) is 0 Å². The Balaban J connectivity index is 2.49. The number of hydrogen-bond donors (Lipinski definition) is 2. The fraction of sp³-hybridized carbons (Fsp3) is 0.467. The molecule has 1 aromatic rings. The number of carbonyl (C=O) groups is 2. The summed E-state index contributed by atoms with van der Waals surface area (Å²) >= 11 is 0. The van der Waals surface area contributed by atoms with Crippen LogP contribution in [-0.2, 0) is 16.1 Å². The largest absolute Gasteiger partial charge is 0.481 e. The Labute approximate surface area is 118 Å². The summed E-state index contributed by atoms with van der Waals surface area (Å²) in [6.45, 7) is 2.34. The Morgan fingerprint density at radius 1 is 1.40 bits per heavy atom. The number of carboxylic acids is 1. The molecule has 0 bridgehead atoms. The van der Waals surface area contributed by atoms with E-state index in [1.54, 1.807) is 19.2 Å². The first-order chi connectivity index (χ1) is 9.52. The van der Waals surface area contributed by atoms with Crippen LogP contribution in [0.1, 0.15) is 42.1 Å². The summed E-state index contributed by atoms with van der Waals surface area (Å²) in [4.78, 5) is 22.5. The highest BCUT2D eigenvalue weighted by Gasteiger charge is 2.10. The van der Waals surface area contributed by atoms with Gasteiger partial charge >= 0.3 is 5.97 Å². The SMILES string of the molecule is COCc1cccc(C(=O)NC(C)CCCC(=O)O)c1. The lowest BCUT2D eigenvalue weighted by molar-refractivity contribution is -0.137. The molecule has 5 heteroatoms. The van der Waals surface area contributed by atoms with E-state index in [1.807, 2.05) is 19.1 Å². The number of amides is 1. The summed E-state index contributed by atoms with van der Waals surface area (Å²) in [5, 5.41) is 11.4. The lowest BCUT2D eigenvalue weighted by atomic mass is 10.1. The average molecular weight is 279 g/mol. The molecule has 1 aromatic carbocycles. The molecule has 0 fully saturated rings. The first-order valence-electron chi connectivity index (χ1n) is 6.63. The second kappa shape index (κ2) is 8.32. The van der Waals surface area contributed by atoms with E-state index in [0.29, 0.717) is 25.0 Å². The summed E-state index contributed by atoms with van der Waals surface area (Å²) in [5.41, 5.74) is 1.53. The number of methoxy groups -OCH3 is 1. The van der Waals surface area contributed by atoms with Crippen molar-refractivity contribution in [2.75, 3.05) is 7.11 Å². The highest BCUT2D eigenvalue weighted by atomic mass is 16.5. The number of rotatable bonds is 8. The zero-order valence-electron chi connectivity index (χ0n) is 11.9. The van der Waals surface area contributed by atoms with Crippen LogP contribution in [0.25, 0.3) is 0 Å². The van der Waals surface area contributed by atoms with Gasteiger partial charge in [0.05, 0.1) is 6.61 Å². The molecule has 0 spiro atoms. The number of carbonyl (C=O) groups excluding carboxylic acids is 1. The van der Waals surface area contributed by atoms with Gasteiger partial charge in [0.2, 0.25) is 0 Å². The van der Waals surface area contributed by atoms with Crippen LogP contribution >= 0.6 is 0 Å². The molecule has 1 amide bonds. The Morgan fingerprint density at radius 3 is 2.80 bits per heavy atom. The standard InChI is InChI=1S/C15H21NO4/c1-11(5-3-8-14(17)18)16-15(19)13-7-4-6-12(9-13)10-20-2/h4,6-7,9,11H,3,5,8,10H2,1-2H3,(H,16,19)(H,17,18). The lowest BCUT2D eigenvalue weighted by Crippen LogP contribution is -2.32. The van der Waals surface area contributed by atoms with E-state index in [1.165, 1.54) is 0 Å². The summed E-state index contributed by atoms with van der Waals surface area (Å²) in [6, 6.07) is 7.21. The van der Waals surface area contributed by atoms with Crippen LogP contribution < -0.4 is 5.32 Å². The van der Waals surface area contributed by atoms with Gasteiger partial charge in [-0.3, -0.25) is 9.59 Å². The van der Waals surface area contributed by atoms with Gasteiger partial charge < -0.3 is 15.2 Å². The molecule has 0 aliphatic rings. The van der Waals surface area contributed by atoms with Crippen LogP contribution in [0.4, 0.5) is 0 Å². The Morgan fingerprint density at radius 2 is 2.15 bits per heavy atom. The summed E-state index contributed by atoms with van der Waals surface area (Å²) in [6.07, 6.45) is 1.33. The fourth-order valence-corrected chi connectivity index (χ4v) is 1.91. The van der Waals surface area contributed by atoms with E-state index < -0.39 is 5.97 Å². The molecular formula is C15H21NO4. The van der Waals surface area contributed by atoms with Gasteiger partial charge in [0, 0.05) is 25.1 Å². The third-order valence-corrected chi connectivity index (χ3v) is 2.91. The molecule has 0 aromatic heterocycles. The minimum atomic E-state index is -0.809. The van der Waals surface area contributed by atoms with Crippen LogP contribution in [0.3, 0.4) is 0 Å². The van der Waals surface area contributed by atoms with Gasteiger partial charge in [0.1, 0.15) is 0 Å². The van der Waals surface area contributed by atoms with Gasteiger partial charge in [-0.05, 0) is 37.5 Å². The van der Waals surface area contributed by atoms with Gasteiger partial charge in [0.15, 0.2) is 0 Å². The maximum Gasteiger partial charge on any atom is 0.303 e. The molecule has 20 heavy (non-hydrogen) atoms. The maximum absolute atomic E-state index is 12.0. The first-order valence-corrected chi connectivity index (χ1v) is 6.63. The average Bonchev–Trinajstić information content (AvgIpc) is 2.39. The van der Waals surface area contributed by atoms with E-state index in [2.05, 4.69) is 5.32 Å². The van der Waals surface area contributed by atoms with E-state index in [4.69, 9.17) is 9.84 Å². The molecule has 1 unspecified atom stereocenters. The molecule has 0 saturated heterocycles. The normalized spacial score (nSPS) is 11.9. The van der Waals surface area contributed by atoms with Crippen LogP contribution in [0.2, 0.25) is 0 Å². The first kappa shape index (κ1) is 16.2. The minimum Gasteiger partial charge on any atom is -0.481 e. The Kier molecular flexibility index (Phi) is 6.73. The molecule has 2 N–H and O–H groups in total. The number of nitrogens with one attached hydrogen (secondary N) is 1. The minimum absolute atomic E-state index is 0.0482. The predicted molar refractivity (Wildman–Crippen MR) is 75.6 cm³/mol. The van der Waals surface area contributed by atoms with E-state index >= 15 is 0 Å². The zero-order chi connectivity index (χ0) is 15.0. The summed E-state index contributed by atoms with van der Waals surface area (Å²) in [7, 11) is 1.61. The summed E-state index contributed by atoms with van der Waals surface area (Å²) in [5.74, 6) is -0.957. The molecule has 5 nitrogen and oxygen atoms in total. The van der Waals surface area contributed by atoms with Crippen molar-refractivity contribution in [1.82, 2.24) is 5.32 Å². The quantitative estimate of drug-likeness (QED) is 0.765. The molecule has 0 aliphatic heterocycles. The molecule has 0 radical (unpaired) electrons. The van der Waals surface area contributed by atoms with Crippen molar-refractivity contribution in [3.8, 4) is 0 Å². The third-order valence-electron chi connectivity index (χ3n) is 2.91. The third kappa shape index (κ3) is 5.84. The van der Waals surface area contributed by atoms with Crippen molar-refractivity contribution in [3.05, 3.63) is 35.4 Å². The molecule has 0 saturated carbocycles. The highest BCUT2D eigenvalue weighted by Crippen LogP contribution is 2.08. The van der Waals surface area contributed by atoms with Crippen LogP contribution in [0.5, 0.6) is 0 Å². The number of benzene rings is 1. The van der Waals surface area contributed by atoms with Crippen molar-refractivity contribution < 1.29 is 19.4 Å². The zero-order valence-corrected chi connectivity index (χ0v) is 11.9. The number of ether oxygens (including phenoxy) is 1. The molecule has 0 aliphatic carbocycles. The topological polar surface area (TPSA) is 75.6 Å². The van der Waals surface area contributed by atoms with Crippen LogP contribution in [-0.4, -0.2) is 30.1 Å². The van der Waals surface area contributed by atoms with Gasteiger partial charge in [0.25, 0.3) is 5.91 Å². The predicted octanol–water partition coefficient (Wildman–Crippen LogP) is 2.21. The van der Waals surface area contributed by atoms with Crippen molar-refractivity contribution >= 4 is 11.9 Å². The Hall–Kier alpha value is -1.88. The fourth-order valence-electron chi connectivity index (χ4n) is 1.91. The van der Waals surface area contributed by atoms with Crippen molar-refractivity contribution in [2.24, 2.45) is 0 Å². The van der Waals surface area contributed by atoms with Crippen molar-refractivity contribution in [1.29, 1.82) is 0 Å². The number of hydrogen-bond acceptors (Lipinski definition) is 3. The van der Waals surface area contributed by atoms with Gasteiger partial charge in [-0.1, -0.05) is 12.1 Å². The van der Waals surface area contributed by atoms with Crippen LogP contribution in [0.15, 0.2) is 24.3 Å². The highest BCUT2D eigenvalue weighted by molar-refractivity contribution is 5.94. The summed E-state index contributed by atoms with van der Waals surface area (Å²) < 4.78 is 5.03. The van der Waals surface area contributed by atoms with E-state index in [-0.39, 0.29) is 18.4 Å².